The Labute approximate surface area is 114 Å². The zero-order chi connectivity index (χ0) is 13.8. The highest BCUT2D eigenvalue weighted by Crippen LogP contribution is 2.30. The predicted octanol–water partition coefficient (Wildman–Crippen LogP) is 2.96. The number of hydrogen-bond donors (Lipinski definition) is 2. The third-order valence-electron chi connectivity index (χ3n) is 3.34. The van der Waals surface area contributed by atoms with E-state index in [1.165, 1.54) is 0 Å². The summed E-state index contributed by atoms with van der Waals surface area (Å²) in [4.78, 5) is 4.22. The highest BCUT2D eigenvalue weighted by Gasteiger charge is 2.21. The first kappa shape index (κ1) is 13.6. The molecule has 0 saturated heterocycles. The van der Waals surface area contributed by atoms with Crippen LogP contribution in [0.2, 0.25) is 0 Å². The molecular formula is C15H21N3O. The number of nitrogens with zero attached hydrogens (tertiary/aromatic N) is 1. The lowest BCUT2D eigenvalue weighted by Crippen LogP contribution is -2.25. The summed E-state index contributed by atoms with van der Waals surface area (Å²) in [5.41, 5.74) is 9.37. The lowest BCUT2D eigenvalue weighted by Gasteiger charge is -2.21. The van der Waals surface area contributed by atoms with E-state index in [0.717, 1.165) is 35.4 Å². The molecule has 0 radical (unpaired) electrons. The van der Waals surface area contributed by atoms with Gasteiger partial charge < -0.3 is 15.5 Å². The van der Waals surface area contributed by atoms with Gasteiger partial charge in [0, 0.05) is 17.3 Å². The van der Waals surface area contributed by atoms with Crippen molar-refractivity contribution < 1.29 is 4.42 Å². The number of hydrogen-bond acceptors (Lipinski definition) is 4. The van der Waals surface area contributed by atoms with E-state index in [1.54, 1.807) is 12.5 Å². The summed E-state index contributed by atoms with van der Waals surface area (Å²) in [6, 6.07) is 4.02. The number of pyridine rings is 1. The Morgan fingerprint density at radius 2 is 2.16 bits per heavy atom. The molecule has 2 heterocycles. The molecular weight excluding hydrogens is 238 g/mol. The summed E-state index contributed by atoms with van der Waals surface area (Å²) in [6.07, 6.45) is 4.52. The van der Waals surface area contributed by atoms with Gasteiger partial charge in [0.1, 0.15) is 11.6 Å². The predicted molar refractivity (Wildman–Crippen MR) is 77.0 cm³/mol. The van der Waals surface area contributed by atoms with Gasteiger partial charge in [-0.05, 0) is 44.5 Å². The fourth-order valence-electron chi connectivity index (χ4n) is 2.32. The van der Waals surface area contributed by atoms with E-state index < -0.39 is 0 Å². The third kappa shape index (κ3) is 2.79. The van der Waals surface area contributed by atoms with Crippen molar-refractivity contribution >= 4 is 5.82 Å². The zero-order valence-electron chi connectivity index (χ0n) is 11.7. The van der Waals surface area contributed by atoms with Gasteiger partial charge in [-0.1, -0.05) is 6.92 Å². The van der Waals surface area contributed by atoms with Crippen LogP contribution in [-0.4, -0.2) is 11.5 Å². The molecule has 0 amide bonds. The quantitative estimate of drug-likeness (QED) is 0.866. The third-order valence-corrected chi connectivity index (χ3v) is 3.34. The topological polar surface area (TPSA) is 64.1 Å². The largest absolute Gasteiger partial charge is 0.469 e. The Kier molecular flexibility index (Phi) is 4.22. The van der Waals surface area contributed by atoms with Crippen LogP contribution in [0.4, 0.5) is 5.82 Å². The number of aryl methyl sites for hydroxylation is 2. The van der Waals surface area contributed by atoms with Gasteiger partial charge in [0.05, 0.1) is 12.3 Å². The molecule has 3 N–H and O–H groups in total. The fraction of sp³-hybridized carbons (Fsp3) is 0.400. The van der Waals surface area contributed by atoms with Gasteiger partial charge in [0.2, 0.25) is 0 Å². The van der Waals surface area contributed by atoms with Crippen LogP contribution in [0, 0.1) is 13.8 Å². The van der Waals surface area contributed by atoms with E-state index >= 15 is 0 Å². The molecule has 0 aliphatic heterocycles. The normalized spacial score (nSPS) is 12.6. The van der Waals surface area contributed by atoms with Gasteiger partial charge in [0.15, 0.2) is 0 Å². The second-order valence-electron chi connectivity index (χ2n) is 4.75. The van der Waals surface area contributed by atoms with E-state index in [0.29, 0.717) is 5.82 Å². The van der Waals surface area contributed by atoms with E-state index in [9.17, 15) is 0 Å². The molecule has 4 nitrogen and oxygen atoms in total. The average molecular weight is 259 g/mol. The fourth-order valence-corrected chi connectivity index (χ4v) is 2.32. The second-order valence-corrected chi connectivity index (χ2v) is 4.75. The molecule has 2 aromatic rings. The molecule has 2 rings (SSSR count). The minimum absolute atomic E-state index is 0.0346. The van der Waals surface area contributed by atoms with Crippen molar-refractivity contribution in [3.8, 4) is 0 Å². The van der Waals surface area contributed by atoms with Crippen molar-refractivity contribution in [3.05, 3.63) is 47.0 Å². The minimum atomic E-state index is 0.0346. The van der Waals surface area contributed by atoms with Gasteiger partial charge >= 0.3 is 0 Å². The molecule has 0 saturated carbocycles. The summed E-state index contributed by atoms with van der Waals surface area (Å²) in [6.45, 7) is 7.09. The number of anilines is 1. The maximum absolute atomic E-state index is 6.07. The van der Waals surface area contributed by atoms with Crippen molar-refractivity contribution in [1.29, 1.82) is 0 Å². The summed E-state index contributed by atoms with van der Waals surface area (Å²) in [7, 11) is 0. The Hall–Kier alpha value is -1.81. The van der Waals surface area contributed by atoms with Crippen LogP contribution >= 0.6 is 0 Å². The van der Waals surface area contributed by atoms with Gasteiger partial charge in [-0.25, -0.2) is 4.98 Å². The van der Waals surface area contributed by atoms with Crippen molar-refractivity contribution in [3.63, 3.8) is 0 Å². The molecule has 0 spiro atoms. The molecule has 102 valence electrons. The van der Waals surface area contributed by atoms with E-state index in [1.807, 2.05) is 19.1 Å². The molecule has 1 atom stereocenters. The minimum Gasteiger partial charge on any atom is -0.469 e. The molecule has 2 aromatic heterocycles. The van der Waals surface area contributed by atoms with Crippen LogP contribution in [0.15, 0.2) is 29.0 Å². The molecule has 0 fully saturated rings. The molecule has 0 bridgehead atoms. The molecule has 1 unspecified atom stereocenters. The number of nitrogens with one attached hydrogen (secondary N) is 1. The van der Waals surface area contributed by atoms with Crippen LogP contribution in [0.25, 0.3) is 0 Å². The molecule has 0 aliphatic carbocycles. The van der Waals surface area contributed by atoms with Crippen LogP contribution < -0.4 is 11.1 Å². The molecule has 0 aromatic carbocycles. The first-order valence-corrected chi connectivity index (χ1v) is 6.63. The zero-order valence-corrected chi connectivity index (χ0v) is 11.7. The van der Waals surface area contributed by atoms with Crippen molar-refractivity contribution in [2.24, 2.45) is 0 Å². The van der Waals surface area contributed by atoms with Gasteiger partial charge in [0.25, 0.3) is 0 Å². The molecule has 0 aliphatic rings. The standard InChI is InChI=1S/C15H21N3O/c1-4-7-17-14(12-6-9-19-11(12)3)13-10(2)5-8-18-15(13)16/h5-6,8-9,14,17H,4,7H2,1-3H3,(H2,16,18). The van der Waals surface area contributed by atoms with Crippen molar-refractivity contribution in [2.45, 2.75) is 33.2 Å². The van der Waals surface area contributed by atoms with Crippen molar-refractivity contribution in [1.82, 2.24) is 10.3 Å². The number of rotatable bonds is 5. The lowest BCUT2D eigenvalue weighted by molar-refractivity contribution is 0.517. The number of aromatic nitrogens is 1. The maximum Gasteiger partial charge on any atom is 0.128 e. The average Bonchev–Trinajstić information content (AvgIpc) is 2.79. The Morgan fingerprint density at radius 3 is 2.74 bits per heavy atom. The first-order valence-electron chi connectivity index (χ1n) is 6.63. The van der Waals surface area contributed by atoms with Gasteiger partial charge in [-0.3, -0.25) is 0 Å². The lowest BCUT2D eigenvalue weighted by atomic mass is 9.96. The van der Waals surface area contributed by atoms with Crippen LogP contribution in [0.1, 0.15) is 41.8 Å². The number of nitrogen functional groups attached to an aromatic ring is 1. The van der Waals surface area contributed by atoms with E-state index in [4.69, 9.17) is 10.2 Å². The Morgan fingerprint density at radius 1 is 1.37 bits per heavy atom. The maximum atomic E-state index is 6.07. The highest BCUT2D eigenvalue weighted by molar-refractivity contribution is 5.50. The van der Waals surface area contributed by atoms with Gasteiger partial charge in [-0.2, -0.15) is 0 Å². The van der Waals surface area contributed by atoms with Crippen LogP contribution in [0.5, 0.6) is 0 Å². The highest BCUT2D eigenvalue weighted by atomic mass is 16.3. The summed E-state index contributed by atoms with van der Waals surface area (Å²) in [5.74, 6) is 1.49. The smallest absolute Gasteiger partial charge is 0.128 e. The van der Waals surface area contributed by atoms with Crippen molar-refractivity contribution in [2.75, 3.05) is 12.3 Å². The first-order chi connectivity index (χ1) is 9.15. The number of furan rings is 1. The summed E-state index contributed by atoms with van der Waals surface area (Å²) >= 11 is 0. The molecule has 4 heteroatoms. The summed E-state index contributed by atoms with van der Waals surface area (Å²) in [5, 5.41) is 3.53. The van der Waals surface area contributed by atoms with Crippen LogP contribution in [-0.2, 0) is 0 Å². The Bertz CT molecular complexity index is 528. The number of nitrogens with two attached hydrogens (primary N) is 1. The van der Waals surface area contributed by atoms with Crippen LogP contribution in [0.3, 0.4) is 0 Å². The SMILES string of the molecule is CCCNC(c1ccoc1C)c1c(C)ccnc1N. The second kappa shape index (κ2) is 5.89. The molecule has 19 heavy (non-hydrogen) atoms. The van der Waals surface area contributed by atoms with E-state index in [-0.39, 0.29) is 6.04 Å². The monoisotopic (exact) mass is 259 g/mol. The summed E-state index contributed by atoms with van der Waals surface area (Å²) < 4.78 is 5.43. The Balaban J connectivity index is 2.46. The van der Waals surface area contributed by atoms with Gasteiger partial charge in [-0.15, -0.1) is 0 Å². The van der Waals surface area contributed by atoms with E-state index in [2.05, 4.69) is 24.1 Å².